The standard InChI is InChI=1S/C20H22FN3O2S/c1-4-16-23-13(3)17-12(2)18(27-20(17)24-16)19(25)22-10-7-11-26-15-9-6-5-8-14(15)21/h5-6,8-9H,4,7,10-11H2,1-3H3,(H,22,25). The average Bonchev–Trinajstić information content (AvgIpc) is 2.99. The Hall–Kier alpha value is -2.54. The number of carbonyl (C=O) groups is 1. The molecule has 0 saturated carbocycles. The van der Waals surface area contributed by atoms with Crippen LogP contribution in [0, 0.1) is 19.7 Å². The van der Waals surface area contributed by atoms with Gasteiger partial charge in [-0.05, 0) is 38.0 Å². The number of halogens is 1. The number of amides is 1. The maximum absolute atomic E-state index is 13.5. The molecular formula is C20H22FN3O2S. The molecule has 0 aliphatic rings. The van der Waals surface area contributed by atoms with Gasteiger partial charge >= 0.3 is 0 Å². The van der Waals surface area contributed by atoms with E-state index in [1.807, 2.05) is 20.8 Å². The Kier molecular flexibility index (Phi) is 6.01. The highest BCUT2D eigenvalue weighted by Gasteiger charge is 2.18. The molecule has 0 atom stereocenters. The molecule has 0 unspecified atom stereocenters. The second-order valence-corrected chi connectivity index (χ2v) is 7.20. The number of fused-ring (bicyclic) bond motifs is 1. The first-order valence-electron chi connectivity index (χ1n) is 8.93. The molecule has 5 nitrogen and oxygen atoms in total. The topological polar surface area (TPSA) is 64.1 Å². The maximum Gasteiger partial charge on any atom is 0.261 e. The summed E-state index contributed by atoms with van der Waals surface area (Å²) in [5.41, 5.74) is 1.82. The van der Waals surface area contributed by atoms with Crippen LogP contribution in [0.5, 0.6) is 5.75 Å². The van der Waals surface area contributed by atoms with Crippen LogP contribution < -0.4 is 10.1 Å². The molecule has 0 radical (unpaired) electrons. The van der Waals surface area contributed by atoms with E-state index in [1.54, 1.807) is 18.2 Å². The molecule has 2 aromatic heterocycles. The van der Waals surface area contributed by atoms with E-state index in [0.717, 1.165) is 33.7 Å². The van der Waals surface area contributed by atoms with Crippen LogP contribution in [0.1, 0.15) is 40.1 Å². The van der Waals surface area contributed by atoms with Gasteiger partial charge in [-0.15, -0.1) is 11.3 Å². The van der Waals surface area contributed by atoms with E-state index in [-0.39, 0.29) is 17.5 Å². The van der Waals surface area contributed by atoms with Crippen molar-refractivity contribution < 1.29 is 13.9 Å². The van der Waals surface area contributed by atoms with E-state index in [0.29, 0.717) is 24.4 Å². The van der Waals surface area contributed by atoms with E-state index in [1.165, 1.54) is 17.4 Å². The molecule has 2 heterocycles. The molecule has 1 aromatic carbocycles. The van der Waals surface area contributed by atoms with Crippen molar-refractivity contribution >= 4 is 27.5 Å². The molecule has 0 bridgehead atoms. The van der Waals surface area contributed by atoms with Crippen molar-refractivity contribution in [2.45, 2.75) is 33.6 Å². The maximum atomic E-state index is 13.5. The average molecular weight is 387 g/mol. The first kappa shape index (κ1) is 19.2. The molecule has 3 rings (SSSR count). The Morgan fingerprint density at radius 1 is 1.26 bits per heavy atom. The van der Waals surface area contributed by atoms with Gasteiger partial charge in [0.1, 0.15) is 10.7 Å². The number of hydrogen-bond donors (Lipinski definition) is 1. The number of aryl methyl sites for hydroxylation is 3. The van der Waals surface area contributed by atoms with Crippen LogP contribution in [0.25, 0.3) is 10.2 Å². The van der Waals surface area contributed by atoms with Gasteiger partial charge in [0.15, 0.2) is 11.6 Å². The Balaban J connectivity index is 1.59. The summed E-state index contributed by atoms with van der Waals surface area (Å²) >= 11 is 1.39. The summed E-state index contributed by atoms with van der Waals surface area (Å²) in [5.74, 6) is 0.507. The number of ether oxygens (including phenoxy) is 1. The fourth-order valence-electron chi connectivity index (χ4n) is 2.87. The van der Waals surface area contributed by atoms with Crippen LogP contribution in [0.4, 0.5) is 4.39 Å². The number of thiophene rings is 1. The lowest BCUT2D eigenvalue weighted by atomic mass is 10.1. The van der Waals surface area contributed by atoms with Gasteiger partial charge in [0.2, 0.25) is 0 Å². The second kappa shape index (κ2) is 8.43. The predicted molar refractivity (Wildman–Crippen MR) is 105 cm³/mol. The van der Waals surface area contributed by atoms with Gasteiger partial charge in [0, 0.05) is 24.0 Å². The summed E-state index contributed by atoms with van der Waals surface area (Å²) in [6.45, 7) is 6.67. The van der Waals surface area contributed by atoms with E-state index in [9.17, 15) is 9.18 Å². The first-order valence-corrected chi connectivity index (χ1v) is 9.75. The molecule has 0 aliphatic carbocycles. The lowest BCUT2D eigenvalue weighted by Gasteiger charge is -2.08. The lowest BCUT2D eigenvalue weighted by Crippen LogP contribution is -2.25. The zero-order chi connectivity index (χ0) is 19.4. The van der Waals surface area contributed by atoms with Crippen LogP contribution >= 0.6 is 11.3 Å². The minimum Gasteiger partial charge on any atom is -0.490 e. The van der Waals surface area contributed by atoms with Crippen molar-refractivity contribution in [2.75, 3.05) is 13.2 Å². The highest BCUT2D eigenvalue weighted by molar-refractivity contribution is 7.20. The van der Waals surface area contributed by atoms with Gasteiger partial charge in [-0.1, -0.05) is 19.1 Å². The minimum absolute atomic E-state index is 0.126. The third kappa shape index (κ3) is 4.24. The van der Waals surface area contributed by atoms with Gasteiger partial charge in [0.05, 0.1) is 11.5 Å². The van der Waals surface area contributed by atoms with E-state index in [4.69, 9.17) is 4.74 Å². The summed E-state index contributed by atoms with van der Waals surface area (Å²) in [6, 6.07) is 6.28. The minimum atomic E-state index is -0.384. The number of benzene rings is 1. The van der Waals surface area contributed by atoms with E-state index >= 15 is 0 Å². The monoisotopic (exact) mass is 387 g/mol. The summed E-state index contributed by atoms with van der Waals surface area (Å²) in [6.07, 6.45) is 1.35. The van der Waals surface area contributed by atoms with Crippen molar-refractivity contribution in [2.24, 2.45) is 0 Å². The number of para-hydroxylation sites is 1. The zero-order valence-electron chi connectivity index (χ0n) is 15.6. The molecule has 1 amide bonds. The second-order valence-electron chi connectivity index (χ2n) is 6.20. The van der Waals surface area contributed by atoms with E-state index in [2.05, 4.69) is 15.3 Å². The summed E-state index contributed by atoms with van der Waals surface area (Å²) in [4.78, 5) is 23.1. The predicted octanol–water partition coefficient (Wildman–Crippen LogP) is 4.21. The summed E-state index contributed by atoms with van der Waals surface area (Å²) < 4.78 is 18.9. The van der Waals surface area contributed by atoms with Crippen molar-refractivity contribution in [3.8, 4) is 5.75 Å². The fourth-order valence-corrected chi connectivity index (χ4v) is 4.04. The van der Waals surface area contributed by atoms with E-state index < -0.39 is 0 Å². The number of hydrogen-bond acceptors (Lipinski definition) is 5. The molecule has 0 aliphatic heterocycles. The normalized spacial score (nSPS) is 11.0. The number of nitrogens with one attached hydrogen (secondary N) is 1. The first-order chi connectivity index (χ1) is 13.0. The molecule has 1 N–H and O–H groups in total. The van der Waals surface area contributed by atoms with Gasteiger partial charge in [-0.2, -0.15) is 0 Å². The highest BCUT2D eigenvalue weighted by atomic mass is 32.1. The molecule has 0 saturated heterocycles. The van der Waals surface area contributed by atoms with Gasteiger partial charge in [-0.3, -0.25) is 4.79 Å². The van der Waals surface area contributed by atoms with Crippen LogP contribution in [0.15, 0.2) is 24.3 Å². The van der Waals surface area contributed by atoms with Crippen LogP contribution in [0.2, 0.25) is 0 Å². The Morgan fingerprint density at radius 3 is 2.78 bits per heavy atom. The number of aromatic nitrogens is 2. The Bertz CT molecular complexity index is 971. The highest BCUT2D eigenvalue weighted by Crippen LogP contribution is 2.31. The molecule has 142 valence electrons. The van der Waals surface area contributed by atoms with Crippen molar-refractivity contribution in [3.05, 3.63) is 52.0 Å². The Labute approximate surface area is 161 Å². The smallest absolute Gasteiger partial charge is 0.261 e. The third-order valence-electron chi connectivity index (χ3n) is 4.24. The fraction of sp³-hybridized carbons (Fsp3) is 0.350. The number of carbonyl (C=O) groups excluding carboxylic acids is 1. The largest absolute Gasteiger partial charge is 0.490 e. The van der Waals surface area contributed by atoms with Gasteiger partial charge in [-0.25, -0.2) is 14.4 Å². The van der Waals surface area contributed by atoms with Crippen molar-refractivity contribution in [3.63, 3.8) is 0 Å². The lowest BCUT2D eigenvalue weighted by molar-refractivity contribution is 0.0955. The zero-order valence-corrected chi connectivity index (χ0v) is 16.5. The molecule has 3 aromatic rings. The molecule has 0 fully saturated rings. The summed E-state index contributed by atoms with van der Waals surface area (Å²) in [7, 11) is 0. The van der Waals surface area contributed by atoms with Gasteiger partial charge < -0.3 is 10.1 Å². The van der Waals surface area contributed by atoms with Gasteiger partial charge in [0.25, 0.3) is 5.91 Å². The quantitative estimate of drug-likeness (QED) is 0.617. The molecular weight excluding hydrogens is 365 g/mol. The molecule has 0 spiro atoms. The SMILES string of the molecule is CCc1nc(C)c2c(C)c(C(=O)NCCCOc3ccccc3F)sc2n1. The van der Waals surface area contributed by atoms with Crippen molar-refractivity contribution in [1.82, 2.24) is 15.3 Å². The summed E-state index contributed by atoms with van der Waals surface area (Å²) in [5, 5.41) is 3.86. The third-order valence-corrected chi connectivity index (χ3v) is 5.43. The molecule has 27 heavy (non-hydrogen) atoms. The van der Waals surface area contributed by atoms with Crippen LogP contribution in [0.3, 0.4) is 0 Å². The van der Waals surface area contributed by atoms with Crippen LogP contribution in [-0.4, -0.2) is 29.0 Å². The molecule has 7 heteroatoms. The Morgan fingerprint density at radius 2 is 2.04 bits per heavy atom. The number of nitrogens with zero attached hydrogens (tertiary/aromatic N) is 2. The number of rotatable bonds is 7. The van der Waals surface area contributed by atoms with Crippen molar-refractivity contribution in [1.29, 1.82) is 0 Å². The van der Waals surface area contributed by atoms with Crippen LogP contribution in [-0.2, 0) is 6.42 Å².